The summed E-state index contributed by atoms with van der Waals surface area (Å²) in [4.78, 5) is 0. The highest BCUT2D eigenvalue weighted by Crippen LogP contribution is 2.37. The van der Waals surface area contributed by atoms with Gasteiger partial charge in [-0.25, -0.2) is 0 Å². The number of rotatable bonds is 9. The molecular formula is C26H44O2Si. The minimum Gasteiger partial charge on any atom is -0.544 e. The van der Waals surface area contributed by atoms with E-state index < -0.39 is 8.32 Å². The Morgan fingerprint density at radius 3 is 1.69 bits per heavy atom. The number of ether oxygens (including phenoxy) is 1. The smallest absolute Gasteiger partial charge is 0.242 e. The third-order valence-electron chi connectivity index (χ3n) is 5.10. The summed E-state index contributed by atoms with van der Waals surface area (Å²) < 4.78 is 12.5. The lowest BCUT2D eigenvalue weighted by molar-refractivity contribution is 0.159. The topological polar surface area (TPSA) is 18.5 Å². The first-order chi connectivity index (χ1) is 13.3. The Labute approximate surface area is 181 Å². The predicted octanol–water partition coefficient (Wildman–Crippen LogP) is 8.79. The highest BCUT2D eigenvalue weighted by Gasteiger charge is 2.22. The molecule has 0 fully saturated rings. The quantitative estimate of drug-likeness (QED) is 0.227. The van der Waals surface area contributed by atoms with Crippen LogP contribution in [0.25, 0.3) is 0 Å². The van der Waals surface area contributed by atoms with Gasteiger partial charge in [0.2, 0.25) is 8.32 Å². The van der Waals surface area contributed by atoms with Crippen molar-refractivity contribution in [3.8, 4) is 0 Å². The number of benzene rings is 1. The maximum Gasteiger partial charge on any atom is 0.242 e. The Balaban J connectivity index is 3.32. The van der Waals surface area contributed by atoms with Crippen LogP contribution in [-0.2, 0) is 9.16 Å². The van der Waals surface area contributed by atoms with Crippen LogP contribution in [0.4, 0.5) is 0 Å². The molecule has 0 spiro atoms. The van der Waals surface area contributed by atoms with Gasteiger partial charge < -0.3 is 9.16 Å². The Morgan fingerprint density at radius 1 is 0.862 bits per heavy atom. The molecule has 2 nitrogen and oxygen atoms in total. The largest absolute Gasteiger partial charge is 0.544 e. The van der Waals surface area contributed by atoms with Crippen molar-refractivity contribution in [3.05, 3.63) is 58.1 Å². The third kappa shape index (κ3) is 7.37. The van der Waals surface area contributed by atoms with Gasteiger partial charge in [0, 0.05) is 5.57 Å². The maximum absolute atomic E-state index is 6.30. The van der Waals surface area contributed by atoms with Crippen LogP contribution < -0.4 is 0 Å². The van der Waals surface area contributed by atoms with E-state index in [0.717, 1.165) is 11.3 Å². The molecule has 0 radical (unpaired) electrons. The Hall–Kier alpha value is -1.48. The highest BCUT2D eigenvalue weighted by molar-refractivity contribution is 6.70. The summed E-state index contributed by atoms with van der Waals surface area (Å²) in [5, 5.41) is 0. The molecule has 0 N–H and O–H groups in total. The van der Waals surface area contributed by atoms with E-state index in [1.165, 1.54) is 22.3 Å². The number of hydrogen-bond donors (Lipinski definition) is 0. The standard InChI is InChI=1S/C26H44O2Si/c1-13-25(28-29(10,11)12)20(8)16-27-21(9)26-23(18(4)5)14-22(17(2)3)15-24(26)19(6)7/h13-19,21H,1-12H3/b20-16+,25-13-/t21-/m1/s1. The first-order valence-electron chi connectivity index (χ1n) is 11.1. The second kappa shape index (κ2) is 10.5. The highest BCUT2D eigenvalue weighted by atomic mass is 28.4. The molecule has 1 aromatic rings. The molecule has 0 amide bonds. The van der Waals surface area contributed by atoms with Gasteiger partial charge in [-0.15, -0.1) is 0 Å². The molecule has 0 aliphatic rings. The minimum atomic E-state index is -1.65. The molecule has 1 aromatic carbocycles. The fraction of sp³-hybridized carbons (Fsp3) is 0.615. The molecule has 0 saturated carbocycles. The minimum absolute atomic E-state index is 0.00838. The van der Waals surface area contributed by atoms with Crippen LogP contribution in [0.5, 0.6) is 0 Å². The van der Waals surface area contributed by atoms with Crippen LogP contribution in [0, 0.1) is 0 Å². The predicted molar refractivity (Wildman–Crippen MR) is 130 cm³/mol. The van der Waals surface area contributed by atoms with Gasteiger partial charge in [-0.3, -0.25) is 0 Å². The first kappa shape index (κ1) is 25.6. The summed E-state index contributed by atoms with van der Waals surface area (Å²) in [7, 11) is -1.65. The van der Waals surface area contributed by atoms with E-state index in [0.29, 0.717) is 17.8 Å². The van der Waals surface area contributed by atoms with Crippen LogP contribution in [0.1, 0.15) is 108 Å². The van der Waals surface area contributed by atoms with Crippen molar-refractivity contribution in [2.75, 3.05) is 0 Å². The molecule has 0 aliphatic heterocycles. The van der Waals surface area contributed by atoms with Gasteiger partial charge in [-0.05, 0) is 86.5 Å². The molecule has 1 atom stereocenters. The van der Waals surface area contributed by atoms with Crippen LogP contribution in [0.2, 0.25) is 19.6 Å². The summed E-state index contributed by atoms with van der Waals surface area (Å²) in [5.41, 5.74) is 6.61. The summed E-state index contributed by atoms with van der Waals surface area (Å²) in [5.74, 6) is 2.37. The van der Waals surface area contributed by atoms with E-state index in [2.05, 4.69) is 87.2 Å². The Kier molecular flexibility index (Phi) is 9.27. The average molecular weight is 417 g/mol. The van der Waals surface area contributed by atoms with Crippen LogP contribution in [-0.4, -0.2) is 8.32 Å². The average Bonchev–Trinajstić information content (AvgIpc) is 2.61. The van der Waals surface area contributed by atoms with Crippen LogP contribution >= 0.6 is 0 Å². The van der Waals surface area contributed by atoms with Crippen molar-refractivity contribution in [2.24, 2.45) is 0 Å². The van der Waals surface area contributed by atoms with Crippen molar-refractivity contribution in [2.45, 2.75) is 106 Å². The SMILES string of the molecule is C/C=C(O[Si](C)(C)C)/C(C)=C/O[C@H](C)c1c(C(C)C)cc(C(C)C)cc1C(C)C. The molecule has 3 heteroatoms. The molecule has 0 saturated heterocycles. The van der Waals surface area contributed by atoms with Gasteiger partial charge >= 0.3 is 0 Å². The lowest BCUT2D eigenvalue weighted by Gasteiger charge is -2.27. The van der Waals surface area contributed by atoms with E-state index in [-0.39, 0.29) is 6.10 Å². The number of allylic oxidation sites excluding steroid dienone is 2. The van der Waals surface area contributed by atoms with E-state index >= 15 is 0 Å². The van der Waals surface area contributed by atoms with Gasteiger partial charge in [0.15, 0.2) is 0 Å². The van der Waals surface area contributed by atoms with E-state index in [4.69, 9.17) is 9.16 Å². The summed E-state index contributed by atoms with van der Waals surface area (Å²) in [6.45, 7) is 26.5. The van der Waals surface area contributed by atoms with Crippen molar-refractivity contribution >= 4 is 8.32 Å². The van der Waals surface area contributed by atoms with Gasteiger partial charge in [0.25, 0.3) is 0 Å². The maximum atomic E-state index is 6.30. The molecule has 29 heavy (non-hydrogen) atoms. The van der Waals surface area contributed by atoms with Crippen molar-refractivity contribution < 1.29 is 9.16 Å². The molecule has 0 unspecified atom stereocenters. The summed E-state index contributed by atoms with van der Waals surface area (Å²) in [6, 6.07) is 4.78. The Morgan fingerprint density at radius 2 is 1.34 bits per heavy atom. The molecule has 0 aromatic heterocycles. The lowest BCUT2D eigenvalue weighted by atomic mass is 9.82. The van der Waals surface area contributed by atoms with Crippen molar-refractivity contribution in [3.63, 3.8) is 0 Å². The van der Waals surface area contributed by atoms with Gasteiger partial charge in [-0.2, -0.15) is 0 Å². The summed E-state index contributed by atoms with van der Waals surface area (Å²) in [6.07, 6.45) is 3.91. The molecule has 0 bridgehead atoms. The molecule has 0 heterocycles. The second-order valence-electron chi connectivity index (χ2n) is 10.0. The fourth-order valence-corrected chi connectivity index (χ4v) is 4.45. The van der Waals surface area contributed by atoms with Crippen molar-refractivity contribution in [1.29, 1.82) is 0 Å². The normalized spacial score (nSPS) is 14.7. The van der Waals surface area contributed by atoms with E-state index in [9.17, 15) is 0 Å². The van der Waals surface area contributed by atoms with Crippen LogP contribution in [0.3, 0.4) is 0 Å². The van der Waals surface area contributed by atoms with Gasteiger partial charge in [0.05, 0.1) is 6.26 Å². The van der Waals surface area contributed by atoms with E-state index in [1.54, 1.807) is 0 Å². The number of hydrogen-bond acceptors (Lipinski definition) is 2. The molecule has 1 rings (SSSR count). The second-order valence-corrected chi connectivity index (χ2v) is 14.5. The van der Waals surface area contributed by atoms with Gasteiger partial charge in [0.1, 0.15) is 11.9 Å². The summed E-state index contributed by atoms with van der Waals surface area (Å²) >= 11 is 0. The van der Waals surface area contributed by atoms with E-state index in [1.807, 2.05) is 19.3 Å². The van der Waals surface area contributed by atoms with Crippen LogP contribution in [0.15, 0.2) is 35.8 Å². The monoisotopic (exact) mass is 416 g/mol. The zero-order chi connectivity index (χ0) is 22.5. The molecule has 164 valence electrons. The zero-order valence-corrected chi connectivity index (χ0v) is 21.9. The third-order valence-corrected chi connectivity index (χ3v) is 5.93. The first-order valence-corrected chi connectivity index (χ1v) is 14.5. The fourth-order valence-electron chi connectivity index (χ4n) is 3.51. The zero-order valence-electron chi connectivity index (χ0n) is 20.9. The lowest BCUT2D eigenvalue weighted by Crippen LogP contribution is -2.25. The molecule has 0 aliphatic carbocycles. The molecular weight excluding hydrogens is 372 g/mol. The van der Waals surface area contributed by atoms with Crippen molar-refractivity contribution in [1.82, 2.24) is 0 Å². The van der Waals surface area contributed by atoms with Gasteiger partial charge in [-0.1, -0.05) is 53.7 Å². The Bertz CT molecular complexity index is 705.